The first-order chi connectivity index (χ1) is 8.40. The molecule has 3 heteroatoms. The molecule has 0 bridgehead atoms. The van der Waals surface area contributed by atoms with Gasteiger partial charge in [0.25, 0.3) is 0 Å². The highest BCUT2D eigenvalue weighted by Gasteiger charge is 2.13. The third-order valence-electron chi connectivity index (χ3n) is 3.20. The molecule has 0 saturated heterocycles. The SMILES string of the molecule is Cc1ccc(C(C)NC(C)CCN(C)C)c(O)c1. The van der Waals surface area contributed by atoms with E-state index in [0.717, 1.165) is 24.1 Å². The number of nitrogens with zero attached hydrogens (tertiary/aromatic N) is 1. The lowest BCUT2D eigenvalue weighted by Crippen LogP contribution is -2.31. The van der Waals surface area contributed by atoms with Crippen LogP contribution < -0.4 is 5.32 Å². The Hall–Kier alpha value is -1.06. The predicted octanol–water partition coefficient (Wildman–Crippen LogP) is 2.69. The molecule has 0 aliphatic rings. The van der Waals surface area contributed by atoms with Gasteiger partial charge >= 0.3 is 0 Å². The van der Waals surface area contributed by atoms with Gasteiger partial charge in [0, 0.05) is 17.6 Å². The summed E-state index contributed by atoms with van der Waals surface area (Å²) in [4.78, 5) is 2.19. The second-order valence-corrected chi connectivity index (χ2v) is 5.44. The van der Waals surface area contributed by atoms with E-state index in [9.17, 15) is 5.11 Å². The van der Waals surface area contributed by atoms with Crippen LogP contribution in [0.5, 0.6) is 5.75 Å². The van der Waals surface area contributed by atoms with E-state index < -0.39 is 0 Å². The molecule has 0 aromatic heterocycles. The summed E-state index contributed by atoms with van der Waals surface area (Å²) in [6, 6.07) is 6.46. The zero-order chi connectivity index (χ0) is 13.7. The first kappa shape index (κ1) is 15.0. The molecule has 2 unspecified atom stereocenters. The third-order valence-corrected chi connectivity index (χ3v) is 3.20. The van der Waals surface area contributed by atoms with Gasteiger partial charge < -0.3 is 15.3 Å². The minimum atomic E-state index is 0.169. The lowest BCUT2D eigenvalue weighted by Gasteiger charge is -2.22. The van der Waals surface area contributed by atoms with E-state index in [2.05, 4.69) is 38.2 Å². The van der Waals surface area contributed by atoms with Crippen molar-refractivity contribution >= 4 is 0 Å². The Labute approximate surface area is 111 Å². The van der Waals surface area contributed by atoms with Gasteiger partial charge in [0.05, 0.1) is 0 Å². The van der Waals surface area contributed by atoms with Crippen LogP contribution in [0.3, 0.4) is 0 Å². The van der Waals surface area contributed by atoms with Gasteiger partial charge in [-0.25, -0.2) is 0 Å². The van der Waals surface area contributed by atoms with Crippen LogP contribution in [0.25, 0.3) is 0 Å². The molecule has 0 amide bonds. The molecule has 2 atom stereocenters. The normalized spacial score (nSPS) is 14.8. The van der Waals surface area contributed by atoms with Crippen molar-refractivity contribution in [3.8, 4) is 5.75 Å². The van der Waals surface area contributed by atoms with Gasteiger partial charge in [-0.1, -0.05) is 12.1 Å². The zero-order valence-electron chi connectivity index (χ0n) is 12.2. The molecule has 1 aromatic carbocycles. The maximum atomic E-state index is 9.94. The molecule has 0 aliphatic carbocycles. The van der Waals surface area contributed by atoms with Crippen molar-refractivity contribution in [1.82, 2.24) is 10.2 Å². The Bertz CT molecular complexity index is 377. The van der Waals surface area contributed by atoms with E-state index in [-0.39, 0.29) is 6.04 Å². The molecule has 18 heavy (non-hydrogen) atoms. The quantitative estimate of drug-likeness (QED) is 0.815. The molecule has 0 aliphatic heterocycles. The van der Waals surface area contributed by atoms with Crippen LogP contribution in [0.1, 0.15) is 37.4 Å². The van der Waals surface area contributed by atoms with Crippen LogP contribution in [0.2, 0.25) is 0 Å². The van der Waals surface area contributed by atoms with Crippen LogP contribution in [0.15, 0.2) is 18.2 Å². The van der Waals surface area contributed by atoms with Crippen molar-refractivity contribution in [2.75, 3.05) is 20.6 Å². The van der Waals surface area contributed by atoms with Gasteiger partial charge in [-0.3, -0.25) is 0 Å². The van der Waals surface area contributed by atoms with E-state index in [1.54, 1.807) is 0 Å². The number of nitrogens with one attached hydrogen (secondary N) is 1. The van der Waals surface area contributed by atoms with E-state index in [1.165, 1.54) is 0 Å². The number of hydrogen-bond donors (Lipinski definition) is 2. The van der Waals surface area contributed by atoms with Crippen LogP contribution in [-0.4, -0.2) is 36.7 Å². The van der Waals surface area contributed by atoms with Crippen molar-refractivity contribution in [3.63, 3.8) is 0 Å². The first-order valence-electron chi connectivity index (χ1n) is 6.60. The van der Waals surface area contributed by atoms with Gasteiger partial charge in [0.15, 0.2) is 0 Å². The Kier molecular flexibility index (Phi) is 5.63. The highest BCUT2D eigenvalue weighted by atomic mass is 16.3. The average molecular weight is 250 g/mol. The maximum Gasteiger partial charge on any atom is 0.120 e. The summed E-state index contributed by atoms with van der Waals surface area (Å²) < 4.78 is 0. The van der Waals surface area contributed by atoms with Crippen molar-refractivity contribution in [1.29, 1.82) is 0 Å². The Morgan fingerprint density at radius 3 is 2.50 bits per heavy atom. The topological polar surface area (TPSA) is 35.5 Å². The highest BCUT2D eigenvalue weighted by molar-refractivity contribution is 5.37. The Morgan fingerprint density at radius 1 is 1.28 bits per heavy atom. The molecular weight excluding hydrogens is 224 g/mol. The fourth-order valence-corrected chi connectivity index (χ4v) is 2.07. The smallest absolute Gasteiger partial charge is 0.120 e. The molecule has 3 nitrogen and oxygen atoms in total. The summed E-state index contributed by atoms with van der Waals surface area (Å²) in [5.41, 5.74) is 2.06. The van der Waals surface area contributed by atoms with Crippen LogP contribution >= 0.6 is 0 Å². The summed E-state index contributed by atoms with van der Waals surface area (Å²) >= 11 is 0. The van der Waals surface area contributed by atoms with E-state index in [1.807, 2.05) is 25.1 Å². The number of phenolic OH excluding ortho intramolecular Hbond substituents is 1. The summed E-state index contributed by atoms with van der Waals surface area (Å²) in [6.07, 6.45) is 1.10. The molecule has 0 spiro atoms. The summed E-state index contributed by atoms with van der Waals surface area (Å²) in [7, 11) is 4.17. The highest BCUT2D eigenvalue weighted by Crippen LogP contribution is 2.25. The van der Waals surface area contributed by atoms with E-state index >= 15 is 0 Å². The van der Waals surface area contributed by atoms with E-state index in [0.29, 0.717) is 11.8 Å². The second kappa shape index (κ2) is 6.76. The molecule has 0 fully saturated rings. The van der Waals surface area contributed by atoms with Gasteiger partial charge in [0.1, 0.15) is 5.75 Å². The van der Waals surface area contributed by atoms with E-state index in [4.69, 9.17) is 0 Å². The van der Waals surface area contributed by atoms with Gasteiger partial charge in [0.2, 0.25) is 0 Å². The molecule has 0 saturated carbocycles. The molecule has 0 heterocycles. The molecule has 102 valence electrons. The zero-order valence-corrected chi connectivity index (χ0v) is 12.2. The number of hydrogen-bond acceptors (Lipinski definition) is 3. The van der Waals surface area contributed by atoms with Crippen molar-refractivity contribution in [2.24, 2.45) is 0 Å². The van der Waals surface area contributed by atoms with Crippen LogP contribution in [0.4, 0.5) is 0 Å². The summed E-state index contributed by atoms with van der Waals surface area (Å²) in [5, 5.41) is 13.5. The fourth-order valence-electron chi connectivity index (χ4n) is 2.07. The number of rotatable bonds is 6. The van der Waals surface area contributed by atoms with Crippen molar-refractivity contribution < 1.29 is 5.11 Å². The molecule has 1 rings (SSSR count). The number of benzene rings is 1. The largest absolute Gasteiger partial charge is 0.508 e. The molecular formula is C15H26N2O. The summed E-state index contributed by atoms with van der Waals surface area (Å²) in [5.74, 6) is 0.384. The van der Waals surface area contributed by atoms with Crippen molar-refractivity contribution in [2.45, 2.75) is 39.3 Å². The maximum absolute atomic E-state index is 9.94. The number of aryl methyl sites for hydroxylation is 1. The fraction of sp³-hybridized carbons (Fsp3) is 0.600. The Morgan fingerprint density at radius 2 is 1.94 bits per heavy atom. The first-order valence-corrected chi connectivity index (χ1v) is 6.60. The third kappa shape index (κ3) is 4.67. The predicted molar refractivity (Wildman–Crippen MR) is 77.0 cm³/mol. The Balaban J connectivity index is 2.56. The lowest BCUT2D eigenvalue weighted by molar-refractivity contribution is 0.351. The molecule has 0 radical (unpaired) electrons. The van der Waals surface area contributed by atoms with Crippen LogP contribution in [-0.2, 0) is 0 Å². The van der Waals surface area contributed by atoms with Gasteiger partial charge in [-0.05, 0) is 59.5 Å². The average Bonchev–Trinajstić information content (AvgIpc) is 2.26. The minimum Gasteiger partial charge on any atom is -0.508 e. The number of phenols is 1. The molecule has 2 N–H and O–H groups in total. The van der Waals surface area contributed by atoms with Crippen LogP contribution in [0, 0.1) is 6.92 Å². The van der Waals surface area contributed by atoms with Gasteiger partial charge in [-0.2, -0.15) is 0 Å². The standard InChI is InChI=1S/C15H26N2O/c1-11-6-7-14(15(18)10-11)13(3)16-12(2)8-9-17(4)5/h6-7,10,12-13,16,18H,8-9H2,1-5H3. The minimum absolute atomic E-state index is 0.169. The summed E-state index contributed by atoms with van der Waals surface area (Å²) in [6.45, 7) is 7.34. The molecule has 1 aromatic rings. The number of aromatic hydroxyl groups is 1. The second-order valence-electron chi connectivity index (χ2n) is 5.44. The monoisotopic (exact) mass is 250 g/mol. The van der Waals surface area contributed by atoms with Crippen molar-refractivity contribution in [3.05, 3.63) is 29.3 Å². The lowest BCUT2D eigenvalue weighted by atomic mass is 10.0. The van der Waals surface area contributed by atoms with Gasteiger partial charge in [-0.15, -0.1) is 0 Å².